The van der Waals surface area contributed by atoms with Crippen LogP contribution < -0.4 is 5.32 Å². The Labute approximate surface area is 124 Å². The first kappa shape index (κ1) is 14.7. The van der Waals surface area contributed by atoms with Crippen molar-refractivity contribution in [3.05, 3.63) is 78.4 Å². The van der Waals surface area contributed by atoms with E-state index >= 15 is 0 Å². The third-order valence-corrected chi connectivity index (χ3v) is 3.09. The molecule has 0 fully saturated rings. The molecule has 3 nitrogen and oxygen atoms in total. The zero-order chi connectivity index (χ0) is 15.1. The van der Waals surface area contributed by atoms with E-state index in [-0.39, 0.29) is 18.1 Å². The molecule has 0 saturated carbocycles. The van der Waals surface area contributed by atoms with Crippen LogP contribution in [0.4, 0.5) is 5.69 Å². The summed E-state index contributed by atoms with van der Waals surface area (Å²) >= 11 is 0. The van der Waals surface area contributed by atoms with Crippen LogP contribution in [0, 0.1) is 0 Å². The number of nitrogens with one attached hydrogen (secondary N) is 1. The SMILES string of the molecule is C=CC(=O)Cc1ccccc1NC(=O)Cc1ccccc1. The molecule has 106 valence electrons. The second-order valence-corrected chi connectivity index (χ2v) is 4.71. The summed E-state index contributed by atoms with van der Waals surface area (Å²) in [6.07, 6.45) is 1.85. The molecule has 1 N–H and O–H groups in total. The van der Waals surface area contributed by atoms with Crippen molar-refractivity contribution in [1.82, 2.24) is 0 Å². The van der Waals surface area contributed by atoms with Crippen molar-refractivity contribution in [2.24, 2.45) is 0 Å². The molecule has 0 aliphatic heterocycles. The fourth-order valence-corrected chi connectivity index (χ4v) is 2.03. The van der Waals surface area contributed by atoms with Crippen molar-refractivity contribution in [1.29, 1.82) is 0 Å². The molecule has 0 unspecified atom stereocenters. The number of carbonyl (C=O) groups is 2. The summed E-state index contributed by atoms with van der Waals surface area (Å²) in [7, 11) is 0. The van der Waals surface area contributed by atoms with Gasteiger partial charge in [-0.2, -0.15) is 0 Å². The van der Waals surface area contributed by atoms with Gasteiger partial charge in [-0.1, -0.05) is 55.1 Å². The second kappa shape index (κ2) is 7.20. The lowest BCUT2D eigenvalue weighted by atomic mass is 10.1. The van der Waals surface area contributed by atoms with Gasteiger partial charge in [0.05, 0.1) is 6.42 Å². The molecule has 0 saturated heterocycles. The molecule has 0 radical (unpaired) electrons. The van der Waals surface area contributed by atoms with Crippen LogP contribution >= 0.6 is 0 Å². The Morgan fingerprint density at radius 3 is 2.33 bits per heavy atom. The molecule has 2 aromatic carbocycles. The van der Waals surface area contributed by atoms with Gasteiger partial charge in [0.25, 0.3) is 0 Å². The van der Waals surface area contributed by atoms with Crippen molar-refractivity contribution in [3.63, 3.8) is 0 Å². The van der Waals surface area contributed by atoms with E-state index in [4.69, 9.17) is 0 Å². The maximum absolute atomic E-state index is 12.1. The Bertz CT molecular complexity index is 647. The van der Waals surface area contributed by atoms with Gasteiger partial charge in [0.1, 0.15) is 0 Å². The molecule has 1 amide bonds. The largest absolute Gasteiger partial charge is 0.326 e. The van der Waals surface area contributed by atoms with Gasteiger partial charge >= 0.3 is 0 Å². The summed E-state index contributed by atoms with van der Waals surface area (Å²) in [6, 6.07) is 16.8. The lowest BCUT2D eigenvalue weighted by molar-refractivity contribution is -0.116. The monoisotopic (exact) mass is 279 g/mol. The van der Waals surface area contributed by atoms with Gasteiger partial charge in [-0.3, -0.25) is 9.59 Å². The molecule has 21 heavy (non-hydrogen) atoms. The Balaban J connectivity index is 2.07. The maximum Gasteiger partial charge on any atom is 0.228 e. The van der Waals surface area contributed by atoms with Gasteiger partial charge in [-0.15, -0.1) is 0 Å². The minimum atomic E-state index is -0.0975. The van der Waals surface area contributed by atoms with E-state index in [1.807, 2.05) is 48.5 Å². The highest BCUT2D eigenvalue weighted by Crippen LogP contribution is 2.16. The highest BCUT2D eigenvalue weighted by atomic mass is 16.1. The van der Waals surface area contributed by atoms with Gasteiger partial charge in [0.2, 0.25) is 5.91 Å². The average Bonchev–Trinajstić information content (AvgIpc) is 2.50. The predicted octanol–water partition coefficient (Wildman–Crippen LogP) is 3.17. The van der Waals surface area contributed by atoms with Crippen molar-refractivity contribution in [2.75, 3.05) is 5.32 Å². The number of amides is 1. The number of allylic oxidation sites excluding steroid dienone is 1. The Kier molecular flexibility index (Phi) is 5.04. The quantitative estimate of drug-likeness (QED) is 0.826. The number of para-hydroxylation sites is 1. The summed E-state index contributed by atoms with van der Waals surface area (Å²) in [4.78, 5) is 23.6. The first-order valence-electron chi connectivity index (χ1n) is 6.76. The molecular formula is C18H17NO2. The molecular weight excluding hydrogens is 262 g/mol. The molecule has 2 rings (SSSR count). The number of rotatable bonds is 6. The van der Waals surface area contributed by atoms with E-state index in [1.165, 1.54) is 6.08 Å². The van der Waals surface area contributed by atoms with Crippen LogP contribution in [0.25, 0.3) is 0 Å². The highest BCUT2D eigenvalue weighted by Gasteiger charge is 2.09. The first-order valence-corrected chi connectivity index (χ1v) is 6.76. The molecule has 2 aromatic rings. The Morgan fingerprint density at radius 2 is 1.62 bits per heavy atom. The van der Waals surface area contributed by atoms with Crippen molar-refractivity contribution in [2.45, 2.75) is 12.8 Å². The molecule has 0 aliphatic carbocycles. The summed E-state index contributed by atoms with van der Waals surface area (Å²) in [5.41, 5.74) is 2.42. The zero-order valence-corrected chi connectivity index (χ0v) is 11.7. The topological polar surface area (TPSA) is 46.2 Å². The van der Waals surface area contributed by atoms with Gasteiger partial charge in [-0.05, 0) is 23.3 Å². The Morgan fingerprint density at radius 1 is 0.952 bits per heavy atom. The van der Waals surface area contributed by atoms with E-state index in [0.717, 1.165) is 11.1 Å². The fourth-order valence-electron chi connectivity index (χ4n) is 2.03. The number of hydrogen-bond donors (Lipinski definition) is 1. The van der Waals surface area contributed by atoms with E-state index in [1.54, 1.807) is 6.07 Å². The van der Waals surface area contributed by atoms with Gasteiger partial charge in [0.15, 0.2) is 5.78 Å². The maximum atomic E-state index is 12.1. The van der Waals surface area contributed by atoms with Gasteiger partial charge in [-0.25, -0.2) is 0 Å². The van der Waals surface area contributed by atoms with Crippen LogP contribution in [-0.2, 0) is 22.4 Å². The minimum Gasteiger partial charge on any atom is -0.326 e. The molecule has 0 bridgehead atoms. The van der Waals surface area contributed by atoms with Crippen LogP contribution in [0.5, 0.6) is 0 Å². The standard InChI is InChI=1S/C18H17NO2/c1-2-16(20)13-15-10-6-7-11-17(15)19-18(21)12-14-8-4-3-5-9-14/h2-11H,1,12-13H2,(H,19,21). The fraction of sp³-hybridized carbons (Fsp3) is 0.111. The third-order valence-electron chi connectivity index (χ3n) is 3.09. The van der Waals surface area contributed by atoms with E-state index in [9.17, 15) is 9.59 Å². The van der Waals surface area contributed by atoms with E-state index in [2.05, 4.69) is 11.9 Å². The number of hydrogen-bond acceptors (Lipinski definition) is 2. The number of anilines is 1. The lowest BCUT2D eigenvalue weighted by Gasteiger charge is -2.10. The van der Waals surface area contributed by atoms with Crippen LogP contribution in [-0.4, -0.2) is 11.7 Å². The molecule has 0 spiro atoms. The molecule has 0 aromatic heterocycles. The third kappa shape index (κ3) is 4.42. The zero-order valence-electron chi connectivity index (χ0n) is 11.7. The van der Waals surface area contributed by atoms with E-state index < -0.39 is 0 Å². The first-order chi connectivity index (χ1) is 10.2. The number of benzene rings is 2. The normalized spacial score (nSPS) is 9.90. The van der Waals surface area contributed by atoms with Gasteiger partial charge < -0.3 is 5.32 Å². The number of carbonyl (C=O) groups excluding carboxylic acids is 2. The average molecular weight is 279 g/mol. The minimum absolute atomic E-state index is 0.0697. The van der Waals surface area contributed by atoms with Gasteiger partial charge in [0, 0.05) is 12.1 Å². The van der Waals surface area contributed by atoms with Crippen LogP contribution in [0.15, 0.2) is 67.3 Å². The molecule has 0 heterocycles. The Hall–Kier alpha value is -2.68. The van der Waals surface area contributed by atoms with E-state index in [0.29, 0.717) is 12.1 Å². The van der Waals surface area contributed by atoms with Crippen molar-refractivity contribution < 1.29 is 9.59 Å². The summed E-state index contributed by atoms with van der Waals surface area (Å²) in [5, 5.41) is 2.86. The van der Waals surface area contributed by atoms with Crippen LogP contribution in [0.2, 0.25) is 0 Å². The molecule has 0 atom stereocenters. The summed E-state index contributed by atoms with van der Waals surface area (Å²) in [5.74, 6) is -0.167. The molecule has 3 heteroatoms. The van der Waals surface area contributed by atoms with Crippen LogP contribution in [0.1, 0.15) is 11.1 Å². The van der Waals surface area contributed by atoms with Crippen LogP contribution in [0.3, 0.4) is 0 Å². The summed E-state index contributed by atoms with van der Waals surface area (Å²) < 4.78 is 0. The van der Waals surface area contributed by atoms with Crippen molar-refractivity contribution in [3.8, 4) is 0 Å². The second-order valence-electron chi connectivity index (χ2n) is 4.71. The smallest absolute Gasteiger partial charge is 0.228 e. The summed E-state index contributed by atoms with van der Waals surface area (Å²) in [6.45, 7) is 3.47. The molecule has 0 aliphatic rings. The number of ketones is 1. The predicted molar refractivity (Wildman–Crippen MR) is 84.1 cm³/mol. The lowest BCUT2D eigenvalue weighted by Crippen LogP contribution is -2.16. The van der Waals surface area contributed by atoms with Crippen molar-refractivity contribution >= 4 is 17.4 Å². The highest BCUT2D eigenvalue weighted by molar-refractivity contribution is 5.96.